The molecule has 0 spiro atoms. The molecule has 1 aromatic rings. The number of carboxylic acid groups (broad SMARTS) is 1. The summed E-state index contributed by atoms with van der Waals surface area (Å²) >= 11 is 1.66. The molecular formula is C14H17NO3S. The lowest BCUT2D eigenvalue weighted by atomic mass is 10.00. The minimum Gasteiger partial charge on any atom is -0.480 e. The molecule has 0 bridgehead atoms. The van der Waals surface area contributed by atoms with Crippen LogP contribution in [-0.2, 0) is 9.59 Å². The van der Waals surface area contributed by atoms with Crippen molar-refractivity contribution in [2.24, 2.45) is 0 Å². The minimum absolute atomic E-state index is 0.0679. The molecule has 1 aliphatic heterocycles. The Morgan fingerprint density at radius 1 is 1.42 bits per heavy atom. The van der Waals surface area contributed by atoms with Crippen LogP contribution in [-0.4, -0.2) is 40.7 Å². The van der Waals surface area contributed by atoms with Crippen LogP contribution in [0.1, 0.15) is 24.8 Å². The monoisotopic (exact) mass is 279 g/mol. The van der Waals surface area contributed by atoms with E-state index in [0.717, 1.165) is 16.9 Å². The first kappa shape index (κ1) is 13.9. The maximum atomic E-state index is 12.5. The molecule has 102 valence electrons. The Bertz CT molecular complexity index is 489. The molecule has 0 fully saturated rings. The molecular weight excluding hydrogens is 262 g/mol. The third-order valence-corrected chi connectivity index (χ3v) is 4.31. The highest BCUT2D eigenvalue weighted by atomic mass is 32.2. The highest BCUT2D eigenvalue weighted by Gasteiger charge is 2.32. The molecule has 0 radical (unpaired) electrons. The van der Waals surface area contributed by atoms with Gasteiger partial charge in [-0.05, 0) is 18.1 Å². The quantitative estimate of drug-likeness (QED) is 0.897. The maximum absolute atomic E-state index is 12.5. The van der Waals surface area contributed by atoms with E-state index in [2.05, 4.69) is 0 Å². The third kappa shape index (κ3) is 3.10. The average Bonchev–Trinajstić information content (AvgIpc) is 2.80. The van der Waals surface area contributed by atoms with Gasteiger partial charge in [-0.3, -0.25) is 9.59 Å². The van der Waals surface area contributed by atoms with Crippen LogP contribution in [0.25, 0.3) is 0 Å². The normalized spacial score (nSPS) is 17.0. The van der Waals surface area contributed by atoms with Gasteiger partial charge in [-0.15, -0.1) is 11.8 Å². The van der Waals surface area contributed by atoms with Gasteiger partial charge in [0.05, 0.1) is 5.92 Å². The molecule has 0 unspecified atom stereocenters. The number of rotatable bonds is 5. The van der Waals surface area contributed by atoms with Crippen LogP contribution >= 0.6 is 11.8 Å². The number of thioether (sulfide) groups is 1. The van der Waals surface area contributed by atoms with Crippen molar-refractivity contribution in [3.63, 3.8) is 0 Å². The lowest BCUT2D eigenvalue weighted by Gasteiger charge is -2.23. The molecule has 4 nitrogen and oxygen atoms in total. The summed E-state index contributed by atoms with van der Waals surface area (Å²) in [6, 6.07) is 7.85. The van der Waals surface area contributed by atoms with Crippen molar-refractivity contribution in [1.82, 2.24) is 4.90 Å². The van der Waals surface area contributed by atoms with Crippen molar-refractivity contribution < 1.29 is 14.7 Å². The summed E-state index contributed by atoms with van der Waals surface area (Å²) < 4.78 is 0. The Hall–Kier alpha value is -1.49. The van der Waals surface area contributed by atoms with E-state index in [-0.39, 0.29) is 18.4 Å². The Labute approximate surface area is 116 Å². The topological polar surface area (TPSA) is 57.6 Å². The van der Waals surface area contributed by atoms with Crippen molar-refractivity contribution >= 4 is 23.6 Å². The van der Waals surface area contributed by atoms with Crippen molar-refractivity contribution in [3.8, 4) is 0 Å². The summed E-state index contributed by atoms with van der Waals surface area (Å²) in [7, 11) is 0. The summed E-state index contributed by atoms with van der Waals surface area (Å²) in [4.78, 5) is 25.9. The summed E-state index contributed by atoms with van der Waals surface area (Å²) in [5.41, 5.74) is 1.03. The lowest BCUT2D eigenvalue weighted by Crippen LogP contribution is -2.39. The van der Waals surface area contributed by atoms with Crippen LogP contribution in [0.15, 0.2) is 29.2 Å². The number of hydrogen-bond donors (Lipinski definition) is 1. The summed E-state index contributed by atoms with van der Waals surface area (Å²) in [6.45, 7) is 2.23. The first-order valence-electron chi connectivity index (χ1n) is 6.35. The van der Waals surface area contributed by atoms with Gasteiger partial charge in [-0.1, -0.05) is 25.1 Å². The van der Waals surface area contributed by atoms with Gasteiger partial charge in [0, 0.05) is 17.2 Å². The van der Waals surface area contributed by atoms with Gasteiger partial charge in [-0.2, -0.15) is 0 Å². The number of carbonyl (C=O) groups excluding carboxylic acids is 1. The van der Waals surface area contributed by atoms with Crippen molar-refractivity contribution in [2.45, 2.75) is 24.2 Å². The Morgan fingerprint density at radius 3 is 2.84 bits per heavy atom. The van der Waals surface area contributed by atoms with Crippen LogP contribution < -0.4 is 0 Å². The Morgan fingerprint density at radius 2 is 2.16 bits per heavy atom. The second kappa shape index (κ2) is 6.10. The van der Waals surface area contributed by atoms with Gasteiger partial charge in [0.25, 0.3) is 0 Å². The molecule has 1 N–H and O–H groups in total. The molecule has 5 heteroatoms. The largest absolute Gasteiger partial charge is 0.480 e. The van der Waals surface area contributed by atoms with Gasteiger partial charge >= 0.3 is 5.97 Å². The molecule has 0 aliphatic carbocycles. The van der Waals surface area contributed by atoms with Gasteiger partial charge in [0.15, 0.2) is 0 Å². The van der Waals surface area contributed by atoms with Crippen molar-refractivity contribution in [1.29, 1.82) is 0 Å². The number of fused-ring (bicyclic) bond motifs is 1. The molecule has 0 aromatic heterocycles. The highest BCUT2D eigenvalue weighted by molar-refractivity contribution is 7.99. The number of aliphatic carboxylic acids is 1. The SMILES string of the molecule is CCCN(CC(=O)O)C(=O)[C@@H]1CSc2ccccc21. The average molecular weight is 279 g/mol. The Kier molecular flexibility index (Phi) is 4.47. The van der Waals surface area contributed by atoms with E-state index in [1.807, 2.05) is 31.2 Å². The number of hydrogen-bond acceptors (Lipinski definition) is 3. The molecule has 1 aliphatic rings. The van der Waals surface area contributed by atoms with E-state index in [1.165, 1.54) is 4.90 Å². The predicted molar refractivity (Wildman–Crippen MR) is 74.4 cm³/mol. The van der Waals surface area contributed by atoms with Crippen LogP contribution in [0.4, 0.5) is 0 Å². The fourth-order valence-corrected chi connectivity index (χ4v) is 3.51. The molecule has 1 amide bonds. The first-order chi connectivity index (χ1) is 9.13. The van der Waals surface area contributed by atoms with Gasteiger partial charge < -0.3 is 10.0 Å². The summed E-state index contributed by atoms with van der Waals surface area (Å²) in [5.74, 6) is -0.521. The smallest absolute Gasteiger partial charge is 0.323 e. The maximum Gasteiger partial charge on any atom is 0.323 e. The van der Waals surface area contributed by atoms with Crippen LogP contribution in [0.5, 0.6) is 0 Å². The number of nitrogens with zero attached hydrogens (tertiary/aromatic N) is 1. The fraction of sp³-hybridized carbons (Fsp3) is 0.429. The van der Waals surface area contributed by atoms with Crippen molar-refractivity contribution in [3.05, 3.63) is 29.8 Å². The number of carboxylic acids is 1. The van der Waals surface area contributed by atoms with Crippen molar-refractivity contribution in [2.75, 3.05) is 18.8 Å². The van der Waals surface area contributed by atoms with E-state index in [1.54, 1.807) is 11.8 Å². The standard InChI is InChI=1S/C14H17NO3S/c1-2-7-15(8-13(16)17)14(18)11-9-19-12-6-4-3-5-10(11)12/h3-6,11H,2,7-9H2,1H3,(H,16,17)/t11-/m1/s1. The molecule has 0 saturated carbocycles. The molecule has 1 aromatic carbocycles. The molecule has 1 atom stereocenters. The van der Waals surface area contributed by atoms with Crippen LogP contribution in [0, 0.1) is 0 Å². The Balaban J connectivity index is 2.17. The predicted octanol–water partition coefficient (Wildman–Crippen LogP) is 2.20. The molecule has 19 heavy (non-hydrogen) atoms. The van der Waals surface area contributed by atoms with E-state index in [9.17, 15) is 9.59 Å². The van der Waals surface area contributed by atoms with E-state index >= 15 is 0 Å². The summed E-state index contributed by atoms with van der Waals surface area (Å²) in [5, 5.41) is 8.90. The van der Waals surface area contributed by atoms with E-state index in [0.29, 0.717) is 12.3 Å². The van der Waals surface area contributed by atoms with E-state index in [4.69, 9.17) is 5.11 Å². The second-order valence-electron chi connectivity index (χ2n) is 4.55. The first-order valence-corrected chi connectivity index (χ1v) is 7.34. The zero-order valence-corrected chi connectivity index (χ0v) is 11.7. The second-order valence-corrected chi connectivity index (χ2v) is 5.62. The highest BCUT2D eigenvalue weighted by Crippen LogP contribution is 2.40. The lowest BCUT2D eigenvalue weighted by molar-refractivity contribution is -0.144. The number of benzene rings is 1. The molecule has 2 rings (SSSR count). The number of carbonyl (C=O) groups is 2. The van der Waals surface area contributed by atoms with E-state index < -0.39 is 5.97 Å². The van der Waals surface area contributed by atoms with Gasteiger partial charge in [0.2, 0.25) is 5.91 Å². The minimum atomic E-state index is -0.958. The zero-order valence-electron chi connectivity index (χ0n) is 10.8. The zero-order chi connectivity index (χ0) is 13.8. The molecule has 0 saturated heterocycles. The fourth-order valence-electron chi connectivity index (χ4n) is 2.29. The number of amides is 1. The third-order valence-electron chi connectivity index (χ3n) is 3.13. The van der Waals surface area contributed by atoms with Gasteiger partial charge in [-0.25, -0.2) is 0 Å². The molecule has 1 heterocycles. The van der Waals surface area contributed by atoms with Crippen LogP contribution in [0.3, 0.4) is 0 Å². The van der Waals surface area contributed by atoms with Gasteiger partial charge in [0.1, 0.15) is 6.54 Å². The summed E-state index contributed by atoms with van der Waals surface area (Å²) in [6.07, 6.45) is 0.764. The van der Waals surface area contributed by atoms with Crippen LogP contribution in [0.2, 0.25) is 0 Å².